The van der Waals surface area contributed by atoms with Crippen molar-refractivity contribution in [3.63, 3.8) is 0 Å². The van der Waals surface area contributed by atoms with Crippen molar-refractivity contribution in [1.29, 1.82) is 0 Å². The minimum atomic E-state index is -1.18. The highest BCUT2D eigenvalue weighted by atomic mass is 28.3. The Labute approximate surface area is 123 Å². The average molecular weight is 280 g/mol. The van der Waals surface area contributed by atoms with Gasteiger partial charge in [-0.1, -0.05) is 98.3 Å². The molecule has 0 amide bonds. The molecule has 20 heavy (non-hydrogen) atoms. The van der Waals surface area contributed by atoms with Gasteiger partial charge in [-0.25, -0.2) is 0 Å². The maximum atomic E-state index is 2.49. The van der Waals surface area contributed by atoms with Crippen molar-refractivity contribution in [3.05, 3.63) is 42.5 Å². The summed E-state index contributed by atoms with van der Waals surface area (Å²) in [5.74, 6) is 0. The normalized spacial score (nSPS) is 22.6. The molecule has 4 rings (SSSR count). The van der Waals surface area contributed by atoms with Crippen LogP contribution in [0.3, 0.4) is 0 Å². The van der Waals surface area contributed by atoms with Gasteiger partial charge in [0.05, 0.1) is 8.07 Å². The first-order valence-corrected chi connectivity index (χ1v) is 10.9. The van der Waals surface area contributed by atoms with Gasteiger partial charge in [-0.05, 0) is 16.3 Å². The molecule has 2 aromatic rings. The monoisotopic (exact) mass is 280 g/mol. The van der Waals surface area contributed by atoms with Crippen molar-refractivity contribution >= 4 is 24.0 Å². The predicted octanol–water partition coefficient (Wildman–Crippen LogP) is 5.23. The highest BCUT2D eigenvalue weighted by molar-refractivity contribution is 6.96. The number of rotatable bonds is 2. The zero-order valence-corrected chi connectivity index (χ0v) is 13.3. The highest BCUT2D eigenvalue weighted by Crippen LogP contribution is 2.48. The van der Waals surface area contributed by atoms with Gasteiger partial charge >= 0.3 is 0 Å². The molecule has 2 aromatic carbocycles. The summed E-state index contributed by atoms with van der Waals surface area (Å²) in [6.07, 6.45) is 9.00. The summed E-state index contributed by atoms with van der Waals surface area (Å²) in [5.41, 5.74) is 1.08. The van der Waals surface area contributed by atoms with Gasteiger partial charge in [0.15, 0.2) is 0 Å². The molecule has 2 fully saturated rings. The third-order valence-corrected chi connectivity index (χ3v) is 12.1. The molecule has 0 atom stereocenters. The van der Waals surface area contributed by atoms with Crippen molar-refractivity contribution in [1.82, 2.24) is 0 Å². The van der Waals surface area contributed by atoms with E-state index in [2.05, 4.69) is 42.5 Å². The highest BCUT2D eigenvalue weighted by Gasteiger charge is 2.48. The molecule has 1 aliphatic heterocycles. The third-order valence-electron chi connectivity index (χ3n) is 5.96. The van der Waals surface area contributed by atoms with Crippen LogP contribution in [-0.2, 0) is 0 Å². The van der Waals surface area contributed by atoms with E-state index < -0.39 is 8.07 Å². The molecule has 0 spiro atoms. The largest absolute Gasteiger partial charge is 0.0905 e. The molecule has 0 bridgehead atoms. The smallest absolute Gasteiger partial charge is 0.0623 e. The number of fused-ring (bicyclic) bond motifs is 1. The van der Waals surface area contributed by atoms with E-state index in [9.17, 15) is 0 Å². The van der Waals surface area contributed by atoms with Gasteiger partial charge < -0.3 is 0 Å². The lowest BCUT2D eigenvalue weighted by Crippen LogP contribution is -2.57. The lowest BCUT2D eigenvalue weighted by atomic mass is 10.0. The second kappa shape index (κ2) is 5.03. The summed E-state index contributed by atoms with van der Waals surface area (Å²) in [4.78, 5) is 0. The molecule has 1 saturated carbocycles. The van der Waals surface area contributed by atoms with Crippen molar-refractivity contribution in [2.24, 2.45) is 0 Å². The maximum Gasteiger partial charge on any atom is 0.0905 e. The van der Waals surface area contributed by atoms with Crippen LogP contribution < -0.4 is 5.19 Å². The van der Waals surface area contributed by atoms with Gasteiger partial charge in [0, 0.05) is 0 Å². The Morgan fingerprint density at radius 1 is 0.750 bits per heavy atom. The molecule has 0 radical (unpaired) electrons. The Balaban J connectivity index is 1.83. The quantitative estimate of drug-likeness (QED) is 0.660. The number of benzene rings is 2. The van der Waals surface area contributed by atoms with E-state index in [1.165, 1.54) is 43.9 Å². The molecule has 0 aromatic heterocycles. The summed E-state index contributed by atoms with van der Waals surface area (Å²) in [5, 5.41) is 4.83. The predicted molar refractivity (Wildman–Crippen MR) is 90.4 cm³/mol. The Hall–Kier alpha value is -1.08. The van der Waals surface area contributed by atoms with Crippen LogP contribution in [-0.4, -0.2) is 8.07 Å². The van der Waals surface area contributed by atoms with Crippen LogP contribution in [0.1, 0.15) is 38.5 Å². The van der Waals surface area contributed by atoms with E-state index in [4.69, 9.17) is 0 Å². The molecule has 2 aliphatic rings. The van der Waals surface area contributed by atoms with E-state index in [-0.39, 0.29) is 0 Å². The van der Waals surface area contributed by atoms with Crippen LogP contribution in [0.25, 0.3) is 10.8 Å². The van der Waals surface area contributed by atoms with Crippen LogP contribution in [0.15, 0.2) is 42.5 Å². The lowest BCUT2D eigenvalue weighted by molar-refractivity contribution is 0.484. The van der Waals surface area contributed by atoms with Gasteiger partial charge in [0.1, 0.15) is 0 Å². The van der Waals surface area contributed by atoms with Gasteiger partial charge in [-0.2, -0.15) is 0 Å². The Morgan fingerprint density at radius 3 is 2.25 bits per heavy atom. The van der Waals surface area contributed by atoms with E-state index in [1.807, 2.05) is 0 Å². The fourth-order valence-electron chi connectivity index (χ4n) is 4.77. The fraction of sp³-hybridized carbons (Fsp3) is 0.474. The zero-order valence-electron chi connectivity index (χ0n) is 12.3. The van der Waals surface area contributed by atoms with E-state index >= 15 is 0 Å². The molecule has 0 N–H and O–H groups in total. The Kier molecular flexibility index (Phi) is 3.18. The van der Waals surface area contributed by atoms with Crippen LogP contribution in [0.4, 0.5) is 0 Å². The SMILES string of the molecule is c1ccc2c([Si]3(C4CCCCC4)CCC3)cccc2c1. The first kappa shape index (κ1) is 12.6. The number of hydrogen-bond donors (Lipinski definition) is 0. The second-order valence-electron chi connectivity index (χ2n) is 6.87. The van der Waals surface area contributed by atoms with Crippen molar-refractivity contribution < 1.29 is 0 Å². The van der Waals surface area contributed by atoms with Gasteiger partial charge in [0.2, 0.25) is 0 Å². The standard InChI is InChI=1S/C19H24Si/c1-2-10-17(11-3-1)20(14-7-15-20)19-13-6-9-16-8-4-5-12-18(16)19/h4-6,8-9,12-13,17H,1-3,7,10-11,14-15H2. The topological polar surface area (TPSA) is 0 Å². The molecule has 0 nitrogen and oxygen atoms in total. The first-order chi connectivity index (χ1) is 9.90. The van der Waals surface area contributed by atoms with E-state index in [0.29, 0.717) is 0 Å². The fourth-order valence-corrected chi connectivity index (χ4v) is 10.4. The molecule has 1 heterocycles. The van der Waals surface area contributed by atoms with Gasteiger partial charge in [-0.3, -0.25) is 0 Å². The molecule has 0 unspecified atom stereocenters. The zero-order chi connectivity index (χ0) is 13.4. The van der Waals surface area contributed by atoms with E-state index in [0.717, 1.165) is 5.54 Å². The summed E-state index contributed by atoms with van der Waals surface area (Å²) in [7, 11) is -1.18. The van der Waals surface area contributed by atoms with Crippen LogP contribution >= 0.6 is 0 Å². The summed E-state index contributed by atoms with van der Waals surface area (Å²) < 4.78 is 0. The van der Waals surface area contributed by atoms with Crippen molar-refractivity contribution in [3.8, 4) is 0 Å². The molecule has 1 heteroatoms. The molecular weight excluding hydrogens is 256 g/mol. The average Bonchev–Trinajstić information content (AvgIpc) is 2.48. The van der Waals surface area contributed by atoms with Gasteiger partial charge in [-0.15, -0.1) is 0 Å². The first-order valence-electron chi connectivity index (χ1n) is 8.38. The van der Waals surface area contributed by atoms with Crippen molar-refractivity contribution in [2.75, 3.05) is 0 Å². The Morgan fingerprint density at radius 2 is 1.50 bits per heavy atom. The summed E-state index contributed by atoms with van der Waals surface area (Å²) >= 11 is 0. The second-order valence-corrected chi connectivity index (χ2v) is 11.5. The molecular formula is C19H24Si. The summed E-state index contributed by atoms with van der Waals surface area (Å²) in [6, 6.07) is 19.3. The Bertz CT molecular complexity index is 601. The molecule has 1 saturated heterocycles. The molecule has 1 aliphatic carbocycles. The van der Waals surface area contributed by atoms with Crippen LogP contribution in [0.5, 0.6) is 0 Å². The van der Waals surface area contributed by atoms with Crippen LogP contribution in [0, 0.1) is 0 Å². The van der Waals surface area contributed by atoms with Crippen molar-refractivity contribution in [2.45, 2.75) is 56.2 Å². The summed E-state index contributed by atoms with van der Waals surface area (Å²) in [6.45, 7) is 0. The van der Waals surface area contributed by atoms with Gasteiger partial charge in [0.25, 0.3) is 0 Å². The van der Waals surface area contributed by atoms with Crippen LogP contribution in [0.2, 0.25) is 17.6 Å². The lowest BCUT2D eigenvalue weighted by Gasteiger charge is -2.48. The third kappa shape index (κ3) is 1.87. The molecule has 104 valence electrons. The maximum absolute atomic E-state index is 2.49. The minimum absolute atomic E-state index is 1.08. The minimum Gasteiger partial charge on any atom is -0.0623 e. The number of hydrogen-bond acceptors (Lipinski definition) is 0. The van der Waals surface area contributed by atoms with E-state index in [1.54, 1.807) is 22.7 Å².